The smallest absolute Gasteiger partial charge is 0.726 e. The molecule has 0 aromatic rings. The Bertz CT molecular complexity index is 998. The molecule has 0 bridgehead atoms. The van der Waals surface area contributed by atoms with E-state index >= 15 is 0 Å². The van der Waals surface area contributed by atoms with Gasteiger partial charge in [-0.15, -0.1) is 0 Å². The van der Waals surface area contributed by atoms with Crippen molar-refractivity contribution >= 4 is 16.2 Å². The van der Waals surface area contributed by atoms with Crippen molar-refractivity contribution < 1.29 is 72.3 Å². The molecule has 0 aromatic carbocycles. The molecule has 0 saturated heterocycles. The Morgan fingerprint density at radius 2 is 1.94 bits per heavy atom. The number of hydrogen-bond donors (Lipinski definition) is 3. The summed E-state index contributed by atoms with van der Waals surface area (Å²) in [4.78, 5) is 12.6. The zero-order chi connectivity index (χ0) is 25.8. The Labute approximate surface area is 212 Å². The van der Waals surface area contributed by atoms with Gasteiger partial charge < -0.3 is 19.9 Å². The molecule has 0 aliphatic heterocycles. The predicted molar refractivity (Wildman–Crippen MR) is 105 cm³/mol. The third kappa shape index (κ3) is 4.00. The zero-order valence-electron chi connectivity index (χ0n) is 22.3. The van der Waals surface area contributed by atoms with E-state index in [9.17, 15) is 34.5 Å². The van der Waals surface area contributed by atoms with Crippen LogP contribution in [0.3, 0.4) is 0 Å². The van der Waals surface area contributed by atoms with Crippen molar-refractivity contribution in [2.75, 3.05) is 6.61 Å². The van der Waals surface area contributed by atoms with Crippen LogP contribution >= 0.6 is 0 Å². The standard InChI is InChI=1S/C21H34O8S.Na/c1-19-7-5-13(29-30(26,27)28)9-12(19)3-4-14-15-6-8-21(25,17(24)11-22)20(15,2)10-16(23)18(14)19;/h12-16,18,22-23,25H,3-11H2,1-2H3,(H,26,27,28);/q;+1/p-1/t12-,13+,14-,15-,16-,18+,19-,20-,21-;/m0./s1/i10D2,16D,18D;. The van der Waals surface area contributed by atoms with E-state index in [1.54, 1.807) is 6.92 Å². The van der Waals surface area contributed by atoms with Crippen molar-refractivity contribution in [1.82, 2.24) is 0 Å². The van der Waals surface area contributed by atoms with E-state index in [4.69, 9.17) is 4.11 Å². The van der Waals surface area contributed by atoms with Gasteiger partial charge in [-0.05, 0) is 80.4 Å². The van der Waals surface area contributed by atoms with Crippen molar-refractivity contribution in [3.8, 4) is 0 Å². The molecule has 4 fully saturated rings. The van der Waals surface area contributed by atoms with E-state index in [0.29, 0.717) is 12.8 Å². The molecule has 8 nitrogen and oxygen atoms in total. The summed E-state index contributed by atoms with van der Waals surface area (Å²) in [6.45, 7) is 2.04. The van der Waals surface area contributed by atoms with Gasteiger partial charge in [-0.25, -0.2) is 8.42 Å². The molecule has 0 amide bonds. The molecule has 0 spiro atoms. The Morgan fingerprint density at radius 1 is 1.26 bits per heavy atom. The first kappa shape index (κ1) is 20.8. The van der Waals surface area contributed by atoms with Crippen LogP contribution < -0.4 is 29.6 Å². The molecule has 4 rings (SSSR count). The molecule has 0 aromatic heterocycles. The van der Waals surface area contributed by atoms with Gasteiger partial charge >= 0.3 is 29.6 Å². The minimum absolute atomic E-state index is 0. The molecule has 0 heterocycles. The largest absolute Gasteiger partial charge is 1.00 e. The second-order valence-electron chi connectivity index (χ2n) is 9.88. The van der Waals surface area contributed by atoms with Gasteiger partial charge in [-0.1, -0.05) is 13.8 Å². The molecule has 10 heteroatoms. The molecule has 9 atom stereocenters. The van der Waals surface area contributed by atoms with Crippen LogP contribution in [0.1, 0.15) is 70.6 Å². The fourth-order valence-electron chi connectivity index (χ4n) is 7.09. The number of ketones is 1. The van der Waals surface area contributed by atoms with Crippen LogP contribution in [0, 0.1) is 34.5 Å². The summed E-state index contributed by atoms with van der Waals surface area (Å²) in [7, 11) is -4.93. The van der Waals surface area contributed by atoms with Crippen LogP contribution in [0.2, 0.25) is 0 Å². The third-order valence-corrected chi connectivity index (χ3v) is 9.15. The summed E-state index contributed by atoms with van der Waals surface area (Å²) in [6.07, 6.45) is -5.67. The van der Waals surface area contributed by atoms with Gasteiger partial charge in [0.2, 0.25) is 10.4 Å². The Hall–Kier alpha value is 0.420. The first-order valence-corrected chi connectivity index (χ1v) is 11.9. The molecule has 3 N–H and O–H groups in total. The molecule has 0 unspecified atom stereocenters. The van der Waals surface area contributed by atoms with Crippen LogP contribution in [0.5, 0.6) is 0 Å². The number of carbonyl (C=O) groups excluding carboxylic acids is 1. The Balaban J connectivity index is 0.00000342. The van der Waals surface area contributed by atoms with Crippen LogP contribution in [-0.4, -0.2) is 58.5 Å². The molecule has 4 aliphatic rings. The SMILES string of the molecule is [2H]C1([2H])[C@]([2H])(O)[C@@]2([2H])[C@@H](CC[C@H]3C[C@H](OS(=O)(=O)[O-])CC[C@@]32C)[C@@H]2CC[C@](O)(C(=O)CO)[C@]21C.[Na+]. The fraction of sp³-hybridized carbons (Fsp3) is 0.952. The van der Waals surface area contributed by atoms with E-state index in [1.165, 1.54) is 6.92 Å². The first-order chi connectivity index (χ1) is 15.3. The van der Waals surface area contributed by atoms with Crippen molar-refractivity contribution in [3.05, 3.63) is 0 Å². The number of rotatable bonds is 4. The first-order valence-electron chi connectivity index (χ1n) is 12.6. The second-order valence-corrected chi connectivity index (χ2v) is 10.9. The van der Waals surface area contributed by atoms with Gasteiger partial charge in [-0.3, -0.25) is 8.98 Å². The number of carbonyl (C=O) groups is 1. The summed E-state index contributed by atoms with van der Waals surface area (Å²) in [5.41, 5.74) is -5.32. The number of aliphatic hydroxyl groups excluding tert-OH is 1. The predicted octanol–water partition coefficient (Wildman–Crippen LogP) is -1.86. The topological polar surface area (TPSA) is 144 Å². The normalized spacial score (nSPS) is 57.6. The van der Waals surface area contributed by atoms with Crippen LogP contribution in [0.4, 0.5) is 0 Å². The van der Waals surface area contributed by atoms with Crippen LogP contribution in [-0.2, 0) is 19.4 Å². The summed E-state index contributed by atoms with van der Waals surface area (Å²) in [5, 5.41) is 32.5. The maximum atomic E-state index is 12.6. The summed E-state index contributed by atoms with van der Waals surface area (Å²) >= 11 is 0. The number of hydrogen-bond acceptors (Lipinski definition) is 8. The van der Waals surface area contributed by atoms with Gasteiger partial charge in [0.25, 0.3) is 0 Å². The van der Waals surface area contributed by atoms with Crippen LogP contribution in [0.15, 0.2) is 0 Å². The minimum atomic E-state index is -4.93. The monoisotopic (exact) mass is 472 g/mol. The van der Waals surface area contributed by atoms with Crippen molar-refractivity contribution in [2.45, 2.75) is 83.0 Å². The van der Waals surface area contributed by atoms with E-state index in [1.807, 2.05) is 0 Å². The van der Waals surface area contributed by atoms with Gasteiger partial charge in [0.15, 0.2) is 5.78 Å². The van der Waals surface area contributed by atoms with E-state index in [2.05, 4.69) is 4.18 Å². The summed E-state index contributed by atoms with van der Waals surface area (Å²) in [5.74, 6) is -4.86. The van der Waals surface area contributed by atoms with Gasteiger partial charge in [0.1, 0.15) is 12.2 Å². The summed E-state index contributed by atoms with van der Waals surface area (Å²) in [6, 6.07) is 0. The molecular weight excluding hydrogens is 435 g/mol. The zero-order valence-corrected chi connectivity index (χ0v) is 21.1. The maximum absolute atomic E-state index is 12.6. The van der Waals surface area contributed by atoms with E-state index in [-0.39, 0.29) is 61.7 Å². The van der Waals surface area contributed by atoms with Gasteiger partial charge in [0, 0.05) is 9.53 Å². The average molecular weight is 473 g/mol. The number of fused-ring (bicyclic) bond motifs is 5. The van der Waals surface area contributed by atoms with Crippen molar-refractivity contribution in [2.24, 2.45) is 34.5 Å². The van der Waals surface area contributed by atoms with Gasteiger partial charge in [-0.2, -0.15) is 0 Å². The maximum Gasteiger partial charge on any atom is 1.00 e. The molecule has 0 radical (unpaired) electrons. The second kappa shape index (κ2) is 8.57. The molecule has 172 valence electrons. The van der Waals surface area contributed by atoms with Gasteiger partial charge in [0.05, 0.1) is 13.6 Å². The van der Waals surface area contributed by atoms with Crippen molar-refractivity contribution in [1.29, 1.82) is 0 Å². The summed E-state index contributed by atoms with van der Waals surface area (Å²) < 4.78 is 74.5. The van der Waals surface area contributed by atoms with Crippen LogP contribution in [0.25, 0.3) is 0 Å². The quantitative estimate of drug-likeness (QED) is 0.246. The molecule has 31 heavy (non-hydrogen) atoms. The molecule has 4 saturated carbocycles. The molecule has 4 aliphatic carbocycles. The third-order valence-electron chi connectivity index (χ3n) is 8.64. The number of Topliss-reactive ketones (excluding diaryl/α,β-unsaturated/α-hetero) is 1. The Kier molecular flexibility index (Phi) is 5.74. The molecular formula is C21H33NaO8S. The van der Waals surface area contributed by atoms with E-state index in [0.717, 1.165) is 0 Å². The minimum Gasteiger partial charge on any atom is -0.726 e. The van der Waals surface area contributed by atoms with Crippen molar-refractivity contribution in [3.63, 3.8) is 0 Å². The average Bonchev–Trinajstić information content (AvgIpc) is 3.00. The Morgan fingerprint density at radius 3 is 2.55 bits per heavy atom. The number of aliphatic hydroxyl groups is 3. The van der Waals surface area contributed by atoms with E-state index < -0.39 is 81.4 Å². The fourth-order valence-corrected chi connectivity index (χ4v) is 7.60.